The molecule has 0 aromatic heterocycles. The number of benzene rings is 1. The quantitative estimate of drug-likeness (QED) is 0.845. The summed E-state index contributed by atoms with van der Waals surface area (Å²) in [6.07, 6.45) is 1.09. The summed E-state index contributed by atoms with van der Waals surface area (Å²) < 4.78 is 10.3. The first-order valence-corrected chi connectivity index (χ1v) is 5.84. The van der Waals surface area contributed by atoms with Crippen molar-refractivity contribution in [3.8, 4) is 17.2 Å². The number of phenols is 1. The monoisotopic (exact) mass is 237 g/mol. The van der Waals surface area contributed by atoms with Crippen molar-refractivity contribution in [3.05, 3.63) is 17.7 Å². The first kappa shape index (κ1) is 12.0. The van der Waals surface area contributed by atoms with Crippen molar-refractivity contribution in [2.45, 2.75) is 19.4 Å². The minimum atomic E-state index is 0.0600. The van der Waals surface area contributed by atoms with Crippen molar-refractivity contribution in [1.29, 1.82) is 0 Å². The third-order valence-corrected chi connectivity index (χ3v) is 3.26. The summed E-state index contributed by atoms with van der Waals surface area (Å²) in [6, 6.07) is 4.05. The molecule has 1 aliphatic heterocycles. The predicted molar refractivity (Wildman–Crippen MR) is 65.7 cm³/mol. The van der Waals surface area contributed by atoms with E-state index in [2.05, 4.69) is 12.2 Å². The number of hydrogen-bond donors (Lipinski definition) is 2. The Kier molecular flexibility index (Phi) is 3.43. The van der Waals surface area contributed by atoms with Crippen LogP contribution in [0.15, 0.2) is 12.1 Å². The molecule has 0 unspecified atom stereocenters. The second kappa shape index (κ2) is 4.84. The Bertz CT molecular complexity index is 381. The molecular weight excluding hydrogens is 218 g/mol. The van der Waals surface area contributed by atoms with Crippen LogP contribution in [0.4, 0.5) is 0 Å². The van der Waals surface area contributed by atoms with Crippen molar-refractivity contribution >= 4 is 0 Å². The van der Waals surface area contributed by atoms with Gasteiger partial charge in [-0.3, -0.25) is 0 Å². The highest BCUT2D eigenvalue weighted by Gasteiger charge is 2.24. The van der Waals surface area contributed by atoms with E-state index in [9.17, 15) is 5.11 Å². The summed E-state index contributed by atoms with van der Waals surface area (Å²) in [7, 11) is 3.09. The van der Waals surface area contributed by atoms with E-state index < -0.39 is 0 Å². The van der Waals surface area contributed by atoms with Crippen LogP contribution >= 0.6 is 0 Å². The standard InChI is InChI=1S/C13H19NO3/c1-8-4-10(14-7-8)9-5-11(16-2)13(15)12(6-9)17-3/h5-6,8,10,14-15H,4,7H2,1-3H3/t8-,10+/m0/s1. The molecule has 1 saturated heterocycles. The Balaban J connectivity index is 2.34. The van der Waals surface area contributed by atoms with Gasteiger partial charge in [0.2, 0.25) is 5.75 Å². The highest BCUT2D eigenvalue weighted by atomic mass is 16.5. The van der Waals surface area contributed by atoms with Gasteiger partial charge < -0.3 is 19.9 Å². The molecule has 1 aliphatic rings. The predicted octanol–water partition coefficient (Wildman–Crippen LogP) is 2.08. The molecule has 4 nitrogen and oxygen atoms in total. The lowest BCUT2D eigenvalue weighted by Crippen LogP contribution is -2.13. The first-order valence-electron chi connectivity index (χ1n) is 5.84. The fraction of sp³-hybridized carbons (Fsp3) is 0.538. The fourth-order valence-corrected chi connectivity index (χ4v) is 2.28. The SMILES string of the molecule is COc1cc([C@H]2C[C@H](C)CN2)cc(OC)c1O. The second-order valence-electron chi connectivity index (χ2n) is 4.58. The van der Waals surface area contributed by atoms with Gasteiger partial charge in [0.15, 0.2) is 11.5 Å². The van der Waals surface area contributed by atoms with Gasteiger partial charge in [0.05, 0.1) is 14.2 Å². The maximum absolute atomic E-state index is 9.84. The largest absolute Gasteiger partial charge is 0.502 e. The molecule has 2 atom stereocenters. The van der Waals surface area contributed by atoms with Gasteiger partial charge in [-0.15, -0.1) is 0 Å². The fourth-order valence-electron chi connectivity index (χ4n) is 2.28. The molecule has 2 N–H and O–H groups in total. The van der Waals surface area contributed by atoms with Gasteiger partial charge in [0.25, 0.3) is 0 Å². The summed E-state index contributed by atoms with van der Waals surface area (Å²) in [5, 5.41) is 13.3. The number of aromatic hydroxyl groups is 1. The lowest BCUT2D eigenvalue weighted by Gasteiger charge is -2.15. The highest BCUT2D eigenvalue weighted by Crippen LogP contribution is 2.40. The van der Waals surface area contributed by atoms with Crippen molar-refractivity contribution in [3.63, 3.8) is 0 Å². The average molecular weight is 237 g/mol. The number of nitrogens with one attached hydrogen (secondary N) is 1. The number of hydrogen-bond acceptors (Lipinski definition) is 4. The average Bonchev–Trinajstić information content (AvgIpc) is 2.76. The molecule has 0 bridgehead atoms. The zero-order valence-corrected chi connectivity index (χ0v) is 10.5. The second-order valence-corrected chi connectivity index (χ2v) is 4.58. The third kappa shape index (κ3) is 2.31. The van der Waals surface area contributed by atoms with Crippen LogP contribution in [0.25, 0.3) is 0 Å². The van der Waals surface area contributed by atoms with E-state index in [1.165, 1.54) is 0 Å². The van der Waals surface area contributed by atoms with E-state index in [1.807, 2.05) is 12.1 Å². The van der Waals surface area contributed by atoms with Crippen molar-refractivity contribution in [2.75, 3.05) is 20.8 Å². The van der Waals surface area contributed by atoms with E-state index in [4.69, 9.17) is 9.47 Å². The molecule has 0 saturated carbocycles. The Morgan fingerprint density at radius 3 is 2.24 bits per heavy atom. The van der Waals surface area contributed by atoms with Crippen LogP contribution in [-0.2, 0) is 0 Å². The van der Waals surface area contributed by atoms with Crippen molar-refractivity contribution in [1.82, 2.24) is 5.32 Å². The molecule has 2 rings (SSSR count). The minimum Gasteiger partial charge on any atom is -0.502 e. The summed E-state index contributed by atoms with van der Waals surface area (Å²) in [5.41, 5.74) is 1.10. The zero-order valence-electron chi connectivity index (χ0n) is 10.5. The molecule has 0 spiro atoms. The van der Waals surface area contributed by atoms with Crippen LogP contribution in [0.1, 0.15) is 24.9 Å². The van der Waals surface area contributed by atoms with Crippen LogP contribution in [-0.4, -0.2) is 25.9 Å². The third-order valence-electron chi connectivity index (χ3n) is 3.26. The number of phenolic OH excluding ortho intramolecular Hbond substituents is 1. The smallest absolute Gasteiger partial charge is 0.200 e. The van der Waals surface area contributed by atoms with Gasteiger partial charge in [-0.2, -0.15) is 0 Å². The number of ether oxygens (including phenoxy) is 2. The van der Waals surface area contributed by atoms with E-state index in [-0.39, 0.29) is 5.75 Å². The molecule has 1 heterocycles. The summed E-state index contributed by atoms with van der Waals surface area (Å²) in [6.45, 7) is 3.25. The van der Waals surface area contributed by atoms with Gasteiger partial charge in [-0.1, -0.05) is 6.92 Å². The first-order chi connectivity index (χ1) is 8.15. The van der Waals surface area contributed by atoms with Crippen LogP contribution in [0, 0.1) is 5.92 Å². The van der Waals surface area contributed by atoms with Crippen LogP contribution < -0.4 is 14.8 Å². The molecule has 0 radical (unpaired) electrons. The van der Waals surface area contributed by atoms with Crippen molar-refractivity contribution in [2.24, 2.45) is 5.92 Å². The topological polar surface area (TPSA) is 50.7 Å². The van der Waals surface area contributed by atoms with Gasteiger partial charge >= 0.3 is 0 Å². The molecular formula is C13H19NO3. The molecule has 1 aromatic carbocycles. The Morgan fingerprint density at radius 1 is 1.24 bits per heavy atom. The lowest BCUT2D eigenvalue weighted by molar-refractivity contribution is 0.338. The molecule has 1 aromatic rings. The Hall–Kier alpha value is -1.42. The molecule has 0 aliphatic carbocycles. The van der Waals surface area contributed by atoms with Crippen molar-refractivity contribution < 1.29 is 14.6 Å². The summed E-state index contributed by atoms with van der Waals surface area (Å²) >= 11 is 0. The lowest BCUT2D eigenvalue weighted by atomic mass is 10.0. The Morgan fingerprint density at radius 2 is 1.82 bits per heavy atom. The molecule has 94 valence electrons. The van der Waals surface area contributed by atoms with E-state index in [0.29, 0.717) is 23.5 Å². The number of rotatable bonds is 3. The molecule has 0 amide bonds. The number of methoxy groups -OCH3 is 2. The van der Waals surface area contributed by atoms with Crippen LogP contribution in [0.5, 0.6) is 17.2 Å². The molecule has 1 fully saturated rings. The highest BCUT2D eigenvalue weighted by molar-refractivity contribution is 5.53. The van der Waals surface area contributed by atoms with E-state index >= 15 is 0 Å². The minimum absolute atomic E-state index is 0.0600. The Labute approximate surface area is 102 Å². The maximum Gasteiger partial charge on any atom is 0.200 e. The van der Waals surface area contributed by atoms with Gasteiger partial charge in [0.1, 0.15) is 0 Å². The maximum atomic E-state index is 9.84. The van der Waals surface area contributed by atoms with Gasteiger partial charge in [-0.25, -0.2) is 0 Å². The zero-order chi connectivity index (χ0) is 12.4. The summed E-state index contributed by atoms with van der Waals surface area (Å²) in [5.74, 6) is 1.65. The van der Waals surface area contributed by atoms with E-state index in [0.717, 1.165) is 18.5 Å². The van der Waals surface area contributed by atoms with Gasteiger partial charge in [-0.05, 0) is 36.6 Å². The normalized spacial score (nSPS) is 23.7. The van der Waals surface area contributed by atoms with Crippen LogP contribution in [0.2, 0.25) is 0 Å². The van der Waals surface area contributed by atoms with Crippen LogP contribution in [0.3, 0.4) is 0 Å². The summed E-state index contributed by atoms with van der Waals surface area (Å²) in [4.78, 5) is 0. The van der Waals surface area contributed by atoms with Gasteiger partial charge in [0, 0.05) is 6.04 Å². The molecule has 4 heteroatoms. The molecule has 17 heavy (non-hydrogen) atoms. The van der Waals surface area contributed by atoms with E-state index in [1.54, 1.807) is 14.2 Å².